The van der Waals surface area contributed by atoms with Crippen molar-refractivity contribution in [1.82, 2.24) is 10.6 Å². The summed E-state index contributed by atoms with van der Waals surface area (Å²) in [6, 6.07) is 5.56. The topological polar surface area (TPSA) is 79.8 Å². The van der Waals surface area contributed by atoms with E-state index in [0.29, 0.717) is 18.0 Å². The van der Waals surface area contributed by atoms with Gasteiger partial charge in [-0.2, -0.15) is 0 Å². The molecule has 6 nitrogen and oxygen atoms in total. The largest absolute Gasteiger partial charge is 0.493 e. The molecule has 3 N–H and O–H groups in total. The van der Waals surface area contributed by atoms with Crippen LogP contribution >= 0.6 is 0 Å². The molecule has 1 aromatic carbocycles. The molecule has 0 aliphatic rings. The van der Waals surface area contributed by atoms with Crippen LogP contribution in [0.1, 0.15) is 40.2 Å². The smallest absolute Gasteiger partial charge is 0.258 e. The van der Waals surface area contributed by atoms with Crippen LogP contribution in [0.5, 0.6) is 11.5 Å². The van der Waals surface area contributed by atoms with Gasteiger partial charge in [0.15, 0.2) is 18.1 Å². The van der Waals surface area contributed by atoms with Gasteiger partial charge in [0.2, 0.25) is 0 Å². The first-order valence-electron chi connectivity index (χ1n) is 8.03. The number of para-hydroxylation sites is 1. The quantitative estimate of drug-likeness (QED) is 0.674. The Kier molecular flexibility index (Phi) is 7.05. The molecule has 0 unspecified atom stereocenters. The Hall–Kier alpha value is -1.79. The second-order valence-electron chi connectivity index (χ2n) is 7.43. The lowest BCUT2D eigenvalue weighted by Gasteiger charge is -2.25. The van der Waals surface area contributed by atoms with Crippen molar-refractivity contribution in [1.29, 1.82) is 0 Å². The van der Waals surface area contributed by atoms with E-state index in [1.807, 2.05) is 46.8 Å². The molecule has 0 bridgehead atoms. The monoisotopic (exact) mass is 338 g/mol. The van der Waals surface area contributed by atoms with Gasteiger partial charge in [-0.3, -0.25) is 4.79 Å². The van der Waals surface area contributed by atoms with Crippen molar-refractivity contribution in [3.8, 4) is 11.5 Å². The molecule has 1 amide bonds. The Labute approximate surface area is 144 Å². The van der Waals surface area contributed by atoms with E-state index in [1.165, 1.54) is 0 Å². The van der Waals surface area contributed by atoms with E-state index in [2.05, 4.69) is 10.6 Å². The zero-order chi connectivity index (χ0) is 18.4. The average molecular weight is 338 g/mol. The van der Waals surface area contributed by atoms with E-state index in [1.54, 1.807) is 13.2 Å². The lowest BCUT2D eigenvalue weighted by molar-refractivity contribution is -0.124. The summed E-state index contributed by atoms with van der Waals surface area (Å²) in [4.78, 5) is 12.0. The number of hydrogen-bond donors (Lipinski definition) is 3. The molecule has 6 heteroatoms. The van der Waals surface area contributed by atoms with Crippen molar-refractivity contribution in [2.24, 2.45) is 0 Å². The molecule has 0 radical (unpaired) electrons. The van der Waals surface area contributed by atoms with Crippen molar-refractivity contribution in [3.05, 3.63) is 23.8 Å². The van der Waals surface area contributed by atoms with Gasteiger partial charge in [-0.15, -0.1) is 0 Å². The SMILES string of the molecule is COc1cccc(CNC(C)(C)CO)c1OCC(=O)NC(C)(C)C. The van der Waals surface area contributed by atoms with Crippen molar-refractivity contribution in [3.63, 3.8) is 0 Å². The summed E-state index contributed by atoms with van der Waals surface area (Å²) in [5, 5.41) is 15.5. The molecule has 136 valence electrons. The first kappa shape index (κ1) is 20.3. The predicted molar refractivity (Wildman–Crippen MR) is 94.4 cm³/mol. The Bertz CT molecular complexity index is 550. The molecule has 0 aliphatic carbocycles. The summed E-state index contributed by atoms with van der Waals surface area (Å²) < 4.78 is 11.1. The third-order valence-corrected chi connectivity index (χ3v) is 3.30. The number of aliphatic hydroxyl groups is 1. The predicted octanol–water partition coefficient (Wildman–Crippen LogP) is 1.85. The fourth-order valence-corrected chi connectivity index (χ4v) is 2.01. The van der Waals surface area contributed by atoms with Crippen LogP contribution in [0, 0.1) is 0 Å². The Balaban J connectivity index is 2.85. The molecule has 0 fully saturated rings. The Morgan fingerprint density at radius 1 is 1.21 bits per heavy atom. The summed E-state index contributed by atoms with van der Waals surface area (Å²) in [7, 11) is 1.56. The molecule has 24 heavy (non-hydrogen) atoms. The minimum Gasteiger partial charge on any atom is -0.493 e. The van der Waals surface area contributed by atoms with Crippen molar-refractivity contribution < 1.29 is 19.4 Å². The molecule has 0 aliphatic heterocycles. The fourth-order valence-electron chi connectivity index (χ4n) is 2.01. The molecule has 0 heterocycles. The van der Waals surface area contributed by atoms with Crippen molar-refractivity contribution in [2.45, 2.75) is 52.2 Å². The van der Waals surface area contributed by atoms with Crippen LogP contribution in [0.2, 0.25) is 0 Å². The molecular weight excluding hydrogens is 308 g/mol. The van der Waals surface area contributed by atoms with E-state index < -0.39 is 5.54 Å². The molecule has 0 saturated heterocycles. The maximum atomic E-state index is 12.0. The number of aliphatic hydroxyl groups excluding tert-OH is 1. The lowest BCUT2D eigenvalue weighted by Crippen LogP contribution is -2.43. The van der Waals surface area contributed by atoms with Gasteiger partial charge in [-0.1, -0.05) is 12.1 Å². The van der Waals surface area contributed by atoms with Crippen molar-refractivity contribution >= 4 is 5.91 Å². The zero-order valence-corrected chi connectivity index (χ0v) is 15.5. The van der Waals surface area contributed by atoms with E-state index >= 15 is 0 Å². The van der Waals surface area contributed by atoms with Gasteiger partial charge in [0.05, 0.1) is 13.7 Å². The maximum Gasteiger partial charge on any atom is 0.258 e. The van der Waals surface area contributed by atoms with Crippen LogP contribution in [0.3, 0.4) is 0 Å². The molecule has 0 atom stereocenters. The lowest BCUT2D eigenvalue weighted by atomic mass is 10.1. The molecular formula is C18H30N2O4. The second kappa shape index (κ2) is 8.35. The first-order valence-corrected chi connectivity index (χ1v) is 8.03. The van der Waals surface area contributed by atoms with Crippen LogP contribution in [0.25, 0.3) is 0 Å². The second-order valence-corrected chi connectivity index (χ2v) is 7.43. The number of amides is 1. The number of rotatable bonds is 8. The third kappa shape index (κ3) is 6.76. The van der Waals surface area contributed by atoms with Gasteiger partial charge < -0.3 is 25.2 Å². The zero-order valence-electron chi connectivity index (χ0n) is 15.5. The minimum atomic E-state index is -0.413. The highest BCUT2D eigenvalue weighted by molar-refractivity contribution is 5.78. The van der Waals surface area contributed by atoms with Crippen molar-refractivity contribution in [2.75, 3.05) is 20.3 Å². The first-order chi connectivity index (χ1) is 11.1. The third-order valence-electron chi connectivity index (χ3n) is 3.30. The molecule has 0 saturated carbocycles. The number of ether oxygens (including phenoxy) is 2. The Morgan fingerprint density at radius 3 is 2.42 bits per heavy atom. The van der Waals surface area contributed by atoms with Crippen LogP contribution in [0.4, 0.5) is 0 Å². The highest BCUT2D eigenvalue weighted by Crippen LogP contribution is 2.31. The summed E-state index contributed by atoms with van der Waals surface area (Å²) in [6.45, 7) is 9.98. The summed E-state index contributed by atoms with van der Waals surface area (Å²) in [5.74, 6) is 0.910. The fraction of sp³-hybridized carbons (Fsp3) is 0.611. The van der Waals surface area contributed by atoms with Gasteiger partial charge >= 0.3 is 0 Å². The Morgan fingerprint density at radius 2 is 1.88 bits per heavy atom. The molecule has 1 aromatic rings. The average Bonchev–Trinajstić information content (AvgIpc) is 2.49. The highest BCUT2D eigenvalue weighted by Gasteiger charge is 2.19. The van der Waals surface area contributed by atoms with E-state index in [0.717, 1.165) is 5.56 Å². The maximum absolute atomic E-state index is 12.0. The molecule has 0 aromatic heterocycles. The van der Waals surface area contributed by atoms with Crippen LogP contribution < -0.4 is 20.1 Å². The van der Waals surface area contributed by atoms with Crippen LogP contribution in [0.15, 0.2) is 18.2 Å². The number of carbonyl (C=O) groups is 1. The number of carbonyl (C=O) groups excluding carboxylic acids is 1. The van der Waals surface area contributed by atoms with E-state index in [9.17, 15) is 9.90 Å². The number of nitrogens with one attached hydrogen (secondary N) is 2. The number of hydrogen-bond acceptors (Lipinski definition) is 5. The van der Waals surface area contributed by atoms with Gasteiger partial charge in [-0.25, -0.2) is 0 Å². The van der Waals surface area contributed by atoms with Crippen LogP contribution in [-0.2, 0) is 11.3 Å². The summed E-state index contributed by atoms with van der Waals surface area (Å²) >= 11 is 0. The summed E-state index contributed by atoms with van der Waals surface area (Å²) in [5.41, 5.74) is 0.139. The van der Waals surface area contributed by atoms with Gasteiger partial charge in [0.25, 0.3) is 5.91 Å². The van der Waals surface area contributed by atoms with Gasteiger partial charge in [0.1, 0.15) is 0 Å². The van der Waals surface area contributed by atoms with Gasteiger partial charge in [-0.05, 0) is 40.7 Å². The summed E-state index contributed by atoms with van der Waals surface area (Å²) in [6.07, 6.45) is 0. The standard InChI is InChI=1S/C18H30N2O4/c1-17(2,3)20-15(22)11-24-16-13(8-7-9-14(16)23-6)10-19-18(4,5)12-21/h7-9,19,21H,10-12H2,1-6H3,(H,20,22). The number of methoxy groups -OCH3 is 1. The normalized spacial score (nSPS) is 12.0. The van der Waals surface area contributed by atoms with E-state index in [-0.39, 0.29) is 24.7 Å². The molecule has 0 spiro atoms. The van der Waals surface area contributed by atoms with Gasteiger partial charge in [0, 0.05) is 23.2 Å². The molecule has 1 rings (SSSR count). The van der Waals surface area contributed by atoms with E-state index in [4.69, 9.17) is 9.47 Å². The number of benzene rings is 1. The minimum absolute atomic E-state index is 0.0150. The highest BCUT2D eigenvalue weighted by atomic mass is 16.5. The van der Waals surface area contributed by atoms with Crippen LogP contribution in [-0.4, -0.2) is 42.4 Å².